The van der Waals surface area contributed by atoms with E-state index in [1.807, 2.05) is 0 Å². The molecule has 0 fully saturated rings. The predicted octanol–water partition coefficient (Wildman–Crippen LogP) is 1.89. The summed E-state index contributed by atoms with van der Waals surface area (Å²) in [4.78, 5) is 12.1. The summed E-state index contributed by atoms with van der Waals surface area (Å²) in [6.45, 7) is 0. The van der Waals surface area contributed by atoms with E-state index in [0.29, 0.717) is 22.2 Å². The van der Waals surface area contributed by atoms with Crippen LogP contribution in [-0.4, -0.2) is 15.3 Å². The zero-order chi connectivity index (χ0) is 11.8. The molecule has 0 atom stereocenters. The highest BCUT2D eigenvalue weighted by Crippen LogP contribution is 2.20. The van der Waals surface area contributed by atoms with E-state index in [9.17, 15) is 9.90 Å². The molecule has 0 aliphatic heterocycles. The van der Waals surface area contributed by atoms with E-state index < -0.39 is 0 Å². The monoisotopic (exact) mass is 228 g/mol. The van der Waals surface area contributed by atoms with Crippen molar-refractivity contribution in [2.24, 2.45) is 0 Å². The number of nitrogens with one attached hydrogen (secondary N) is 1. The number of benzene rings is 1. The van der Waals surface area contributed by atoms with E-state index >= 15 is 0 Å². The number of aromatic hydroxyl groups is 1. The molecule has 0 unspecified atom stereocenters. The van der Waals surface area contributed by atoms with E-state index in [2.05, 4.69) is 10.2 Å². The van der Waals surface area contributed by atoms with Crippen LogP contribution in [0.4, 0.5) is 0 Å². The van der Waals surface area contributed by atoms with Crippen LogP contribution >= 0.6 is 0 Å². The van der Waals surface area contributed by atoms with Gasteiger partial charge in [-0.05, 0) is 18.2 Å². The van der Waals surface area contributed by atoms with Gasteiger partial charge >= 0.3 is 0 Å². The number of phenolic OH excluding ortho intramolecular Hbond substituents is 1. The summed E-state index contributed by atoms with van der Waals surface area (Å²) in [5.41, 5.74) is 1.23. The third kappa shape index (κ3) is 1.48. The first-order valence-corrected chi connectivity index (χ1v) is 5.00. The highest BCUT2D eigenvalue weighted by Gasteiger charge is 2.10. The Morgan fingerprint density at radius 1 is 1.29 bits per heavy atom. The van der Waals surface area contributed by atoms with Crippen LogP contribution < -0.4 is 5.43 Å². The molecule has 3 rings (SSSR count). The first kappa shape index (κ1) is 9.65. The number of aromatic nitrogens is 2. The normalized spacial score (nSPS) is 10.8. The van der Waals surface area contributed by atoms with Crippen LogP contribution in [0.2, 0.25) is 0 Å². The molecule has 0 radical (unpaired) electrons. The van der Waals surface area contributed by atoms with Gasteiger partial charge in [-0.2, -0.15) is 5.10 Å². The average molecular weight is 228 g/mol. The van der Waals surface area contributed by atoms with Gasteiger partial charge < -0.3 is 9.52 Å². The molecule has 5 nitrogen and oxygen atoms in total. The standard InChI is InChI=1S/C12H8N2O3/c15-7-1-2-8-11(5-7)17-6-9(12(8)16)10-3-4-13-14-10/h1-6,15H,(H,13,14). The summed E-state index contributed by atoms with van der Waals surface area (Å²) in [6, 6.07) is 6.10. The van der Waals surface area contributed by atoms with Gasteiger partial charge in [0, 0.05) is 12.3 Å². The van der Waals surface area contributed by atoms with E-state index in [1.165, 1.54) is 24.5 Å². The van der Waals surface area contributed by atoms with Gasteiger partial charge in [0.05, 0.1) is 16.6 Å². The van der Waals surface area contributed by atoms with Crippen LogP contribution in [0.25, 0.3) is 22.2 Å². The minimum absolute atomic E-state index is 0.0648. The Labute approximate surface area is 95.3 Å². The Hall–Kier alpha value is -2.56. The largest absolute Gasteiger partial charge is 0.508 e. The fourth-order valence-corrected chi connectivity index (χ4v) is 1.71. The zero-order valence-electron chi connectivity index (χ0n) is 8.68. The Balaban J connectivity index is 2.34. The van der Waals surface area contributed by atoms with E-state index in [-0.39, 0.29) is 11.2 Å². The summed E-state index contributed by atoms with van der Waals surface area (Å²) in [5.74, 6) is 0.0648. The Bertz CT molecular complexity index is 729. The van der Waals surface area contributed by atoms with Crippen LogP contribution in [0, 0.1) is 0 Å². The van der Waals surface area contributed by atoms with Crippen molar-refractivity contribution < 1.29 is 9.52 Å². The molecular formula is C12H8N2O3. The number of fused-ring (bicyclic) bond motifs is 1. The van der Waals surface area contributed by atoms with Crippen molar-refractivity contribution >= 4 is 11.0 Å². The van der Waals surface area contributed by atoms with Crippen LogP contribution in [-0.2, 0) is 0 Å². The molecule has 1 aromatic carbocycles. The lowest BCUT2D eigenvalue weighted by molar-refractivity contribution is 0.474. The lowest BCUT2D eigenvalue weighted by Gasteiger charge is -2.00. The van der Waals surface area contributed by atoms with E-state index in [4.69, 9.17) is 4.42 Å². The molecule has 0 saturated carbocycles. The fourth-order valence-electron chi connectivity index (χ4n) is 1.71. The number of H-pyrrole nitrogens is 1. The maximum atomic E-state index is 12.1. The van der Waals surface area contributed by atoms with Crippen molar-refractivity contribution in [3.63, 3.8) is 0 Å². The number of aromatic amines is 1. The van der Waals surface area contributed by atoms with Crippen LogP contribution in [0.1, 0.15) is 0 Å². The van der Waals surface area contributed by atoms with Crippen molar-refractivity contribution in [2.45, 2.75) is 0 Å². The third-order valence-electron chi connectivity index (χ3n) is 2.55. The van der Waals surface area contributed by atoms with Gasteiger partial charge in [0.15, 0.2) is 0 Å². The summed E-state index contributed by atoms with van der Waals surface area (Å²) in [6.07, 6.45) is 2.92. The van der Waals surface area contributed by atoms with Gasteiger partial charge in [0.1, 0.15) is 17.6 Å². The zero-order valence-corrected chi connectivity index (χ0v) is 8.68. The van der Waals surface area contributed by atoms with Gasteiger partial charge in [-0.15, -0.1) is 0 Å². The quantitative estimate of drug-likeness (QED) is 0.666. The van der Waals surface area contributed by atoms with E-state index in [1.54, 1.807) is 12.3 Å². The van der Waals surface area contributed by atoms with Gasteiger partial charge in [0.25, 0.3) is 0 Å². The molecule has 5 heteroatoms. The van der Waals surface area contributed by atoms with Gasteiger partial charge in [-0.3, -0.25) is 9.89 Å². The molecule has 0 aliphatic rings. The predicted molar refractivity (Wildman–Crippen MR) is 61.7 cm³/mol. The number of nitrogens with zero attached hydrogens (tertiary/aromatic N) is 1. The Kier molecular flexibility index (Phi) is 1.98. The maximum absolute atomic E-state index is 12.1. The van der Waals surface area contributed by atoms with Crippen molar-refractivity contribution in [3.05, 3.63) is 46.9 Å². The number of hydrogen-bond donors (Lipinski definition) is 2. The van der Waals surface area contributed by atoms with Crippen LogP contribution in [0.5, 0.6) is 5.75 Å². The minimum Gasteiger partial charge on any atom is -0.508 e. The van der Waals surface area contributed by atoms with Crippen LogP contribution in [0.3, 0.4) is 0 Å². The van der Waals surface area contributed by atoms with Gasteiger partial charge in [-0.25, -0.2) is 0 Å². The minimum atomic E-state index is -0.157. The summed E-state index contributed by atoms with van der Waals surface area (Å²) in [7, 11) is 0. The molecule has 0 aliphatic carbocycles. The molecule has 2 N–H and O–H groups in total. The Morgan fingerprint density at radius 3 is 2.94 bits per heavy atom. The average Bonchev–Trinajstić information content (AvgIpc) is 2.82. The van der Waals surface area contributed by atoms with Gasteiger partial charge in [-0.1, -0.05) is 0 Å². The molecule has 0 bridgehead atoms. The molecule has 0 spiro atoms. The summed E-state index contributed by atoms with van der Waals surface area (Å²) in [5, 5.41) is 16.2. The lowest BCUT2D eigenvalue weighted by Crippen LogP contribution is -2.04. The summed E-state index contributed by atoms with van der Waals surface area (Å²) < 4.78 is 5.32. The lowest BCUT2D eigenvalue weighted by atomic mass is 10.1. The highest BCUT2D eigenvalue weighted by molar-refractivity contribution is 5.81. The SMILES string of the molecule is O=c1c(-c2ccn[nH]2)coc2cc(O)ccc12. The Morgan fingerprint density at radius 2 is 2.18 bits per heavy atom. The second-order valence-electron chi connectivity index (χ2n) is 3.63. The van der Waals surface area contributed by atoms with E-state index in [0.717, 1.165) is 0 Å². The summed E-state index contributed by atoms with van der Waals surface area (Å²) >= 11 is 0. The number of hydrogen-bond acceptors (Lipinski definition) is 4. The maximum Gasteiger partial charge on any atom is 0.202 e. The smallest absolute Gasteiger partial charge is 0.202 e. The third-order valence-corrected chi connectivity index (χ3v) is 2.55. The highest BCUT2D eigenvalue weighted by atomic mass is 16.3. The first-order valence-electron chi connectivity index (χ1n) is 5.00. The topological polar surface area (TPSA) is 79.1 Å². The fraction of sp³-hybridized carbons (Fsp3) is 0. The second-order valence-corrected chi connectivity index (χ2v) is 3.63. The van der Waals surface area contributed by atoms with Crippen molar-refractivity contribution in [3.8, 4) is 17.0 Å². The number of phenols is 1. The van der Waals surface area contributed by atoms with Gasteiger partial charge in [0.2, 0.25) is 5.43 Å². The number of rotatable bonds is 1. The van der Waals surface area contributed by atoms with Crippen molar-refractivity contribution in [2.75, 3.05) is 0 Å². The first-order chi connectivity index (χ1) is 8.25. The molecule has 2 heterocycles. The molecule has 0 amide bonds. The van der Waals surface area contributed by atoms with Crippen molar-refractivity contribution in [1.82, 2.24) is 10.2 Å². The van der Waals surface area contributed by atoms with Crippen molar-refractivity contribution in [1.29, 1.82) is 0 Å². The molecular weight excluding hydrogens is 220 g/mol. The second kappa shape index (κ2) is 3.48. The molecule has 17 heavy (non-hydrogen) atoms. The molecule has 84 valence electrons. The molecule has 2 aromatic heterocycles. The molecule has 3 aromatic rings. The van der Waals surface area contributed by atoms with Crippen LogP contribution in [0.15, 0.2) is 45.9 Å². The molecule has 0 saturated heterocycles.